The van der Waals surface area contributed by atoms with Crippen LogP contribution in [-0.2, 0) is 14.3 Å². The molecule has 0 aliphatic carbocycles. The van der Waals surface area contributed by atoms with Gasteiger partial charge in [-0.1, -0.05) is 6.92 Å². The van der Waals surface area contributed by atoms with E-state index in [9.17, 15) is 9.59 Å². The molecule has 0 aromatic carbocycles. The first-order valence-electron chi connectivity index (χ1n) is 7.45. The Morgan fingerprint density at radius 2 is 1.90 bits per heavy atom. The average molecular weight is 320 g/mol. The van der Waals surface area contributed by atoms with Crippen molar-refractivity contribution >= 4 is 24.3 Å². The van der Waals surface area contributed by atoms with Gasteiger partial charge in [0.25, 0.3) is 0 Å². The van der Waals surface area contributed by atoms with Gasteiger partial charge in [-0.15, -0.1) is 12.4 Å². The number of amides is 1. The van der Waals surface area contributed by atoms with Crippen molar-refractivity contribution in [3.63, 3.8) is 0 Å². The third-order valence-electron chi connectivity index (χ3n) is 4.50. The van der Waals surface area contributed by atoms with E-state index < -0.39 is 0 Å². The highest BCUT2D eigenvalue weighted by Gasteiger charge is 2.42. The molecular formula is C14H26ClN3O3. The quantitative estimate of drug-likeness (QED) is 0.753. The van der Waals surface area contributed by atoms with E-state index in [1.807, 2.05) is 9.80 Å². The van der Waals surface area contributed by atoms with Crippen LogP contribution < -0.4 is 5.32 Å². The maximum atomic E-state index is 12.7. The van der Waals surface area contributed by atoms with E-state index in [4.69, 9.17) is 0 Å². The number of ether oxygens (including phenoxy) is 1. The molecule has 7 heteroatoms. The molecule has 1 unspecified atom stereocenters. The van der Waals surface area contributed by atoms with E-state index >= 15 is 0 Å². The summed E-state index contributed by atoms with van der Waals surface area (Å²) >= 11 is 0. The molecule has 2 aliphatic heterocycles. The fraction of sp³-hybridized carbons (Fsp3) is 0.857. The number of halogens is 1. The summed E-state index contributed by atoms with van der Waals surface area (Å²) in [6.07, 6.45) is 2.85. The molecule has 0 aromatic heterocycles. The molecule has 2 aliphatic rings. The largest absolute Gasteiger partial charge is 0.468 e. The number of hydrogen-bond donors (Lipinski definition) is 1. The van der Waals surface area contributed by atoms with Gasteiger partial charge in [-0.05, 0) is 25.8 Å². The molecule has 2 saturated heterocycles. The van der Waals surface area contributed by atoms with Crippen LogP contribution in [0.3, 0.4) is 0 Å². The smallest absolute Gasteiger partial charge is 0.319 e. The van der Waals surface area contributed by atoms with Crippen LogP contribution >= 0.6 is 12.4 Å². The minimum absolute atomic E-state index is 0. The zero-order valence-corrected chi connectivity index (χ0v) is 13.7. The molecule has 21 heavy (non-hydrogen) atoms. The monoisotopic (exact) mass is 319 g/mol. The lowest BCUT2D eigenvalue weighted by Gasteiger charge is -2.39. The topological polar surface area (TPSA) is 61.9 Å². The summed E-state index contributed by atoms with van der Waals surface area (Å²) in [5.74, 6) is 0.0162. The van der Waals surface area contributed by atoms with Crippen molar-refractivity contribution < 1.29 is 14.3 Å². The molecular weight excluding hydrogens is 294 g/mol. The van der Waals surface area contributed by atoms with Crippen LogP contribution in [0.2, 0.25) is 0 Å². The van der Waals surface area contributed by atoms with E-state index in [0.29, 0.717) is 19.6 Å². The highest BCUT2D eigenvalue weighted by Crippen LogP contribution is 2.26. The Hall–Kier alpha value is -0.850. The van der Waals surface area contributed by atoms with Crippen molar-refractivity contribution in [2.45, 2.75) is 31.7 Å². The van der Waals surface area contributed by atoms with E-state index in [1.165, 1.54) is 7.11 Å². The molecule has 1 amide bonds. The molecule has 2 heterocycles. The lowest BCUT2D eigenvalue weighted by molar-refractivity contribution is -0.143. The highest BCUT2D eigenvalue weighted by atomic mass is 35.5. The van der Waals surface area contributed by atoms with Crippen molar-refractivity contribution in [1.29, 1.82) is 0 Å². The van der Waals surface area contributed by atoms with Crippen LogP contribution in [0.1, 0.15) is 26.2 Å². The van der Waals surface area contributed by atoms with Gasteiger partial charge in [0, 0.05) is 26.2 Å². The number of nitrogens with one attached hydrogen (secondary N) is 1. The van der Waals surface area contributed by atoms with Crippen molar-refractivity contribution in [1.82, 2.24) is 15.1 Å². The summed E-state index contributed by atoms with van der Waals surface area (Å²) in [6, 6.07) is 0. The number of methoxy groups -OCH3 is 1. The van der Waals surface area contributed by atoms with Gasteiger partial charge >= 0.3 is 5.97 Å². The van der Waals surface area contributed by atoms with Crippen LogP contribution in [0.25, 0.3) is 0 Å². The van der Waals surface area contributed by atoms with Crippen LogP contribution in [0.15, 0.2) is 0 Å². The number of carbonyl (C=O) groups excluding carboxylic acids is 2. The molecule has 0 bridgehead atoms. The SMILES string of the molecule is CCC1(C(=O)N2CCN(CC(=O)OC)CC2)CCCN1.Cl. The molecule has 1 atom stereocenters. The van der Waals surface area contributed by atoms with Gasteiger partial charge in [0.1, 0.15) is 0 Å². The summed E-state index contributed by atoms with van der Waals surface area (Å²) in [4.78, 5) is 27.9. The van der Waals surface area contributed by atoms with Crippen LogP contribution in [0.4, 0.5) is 0 Å². The Morgan fingerprint density at radius 1 is 1.24 bits per heavy atom. The summed E-state index contributed by atoms with van der Waals surface area (Å²) in [6.45, 7) is 6.18. The summed E-state index contributed by atoms with van der Waals surface area (Å²) in [5, 5.41) is 3.39. The second-order valence-electron chi connectivity index (χ2n) is 5.61. The minimum atomic E-state index is -0.343. The first-order chi connectivity index (χ1) is 9.61. The van der Waals surface area contributed by atoms with Gasteiger partial charge in [-0.25, -0.2) is 0 Å². The zero-order valence-electron chi connectivity index (χ0n) is 12.9. The maximum absolute atomic E-state index is 12.7. The van der Waals surface area contributed by atoms with Crippen LogP contribution in [0, 0.1) is 0 Å². The Labute approximate surface area is 132 Å². The molecule has 0 aromatic rings. The second kappa shape index (κ2) is 7.96. The lowest BCUT2D eigenvalue weighted by Crippen LogP contribution is -2.59. The Balaban J connectivity index is 0.00000220. The molecule has 122 valence electrons. The maximum Gasteiger partial charge on any atom is 0.319 e. The number of esters is 1. The Morgan fingerprint density at radius 3 is 2.38 bits per heavy atom. The molecule has 6 nitrogen and oxygen atoms in total. The second-order valence-corrected chi connectivity index (χ2v) is 5.61. The van der Waals surface area contributed by atoms with E-state index in [0.717, 1.165) is 38.9 Å². The molecule has 0 saturated carbocycles. The van der Waals surface area contributed by atoms with Gasteiger partial charge in [-0.3, -0.25) is 14.5 Å². The van der Waals surface area contributed by atoms with Gasteiger partial charge < -0.3 is 15.0 Å². The zero-order chi connectivity index (χ0) is 14.6. The predicted octanol–water partition coefficient (Wildman–Crippen LogP) is 0.258. The number of carbonyl (C=O) groups is 2. The van der Waals surface area contributed by atoms with Gasteiger partial charge in [0.15, 0.2) is 0 Å². The average Bonchev–Trinajstić information content (AvgIpc) is 2.97. The molecule has 2 rings (SSSR count). The number of piperazine rings is 1. The standard InChI is InChI=1S/C14H25N3O3.ClH/c1-3-14(5-4-6-15-14)13(19)17-9-7-16(8-10-17)11-12(18)20-2;/h15H,3-11H2,1-2H3;1H. The fourth-order valence-corrected chi connectivity index (χ4v) is 3.10. The van der Waals surface area contributed by atoms with Crippen molar-refractivity contribution in [2.75, 3.05) is 46.4 Å². The van der Waals surface area contributed by atoms with E-state index in [-0.39, 0.29) is 29.8 Å². The molecule has 2 fully saturated rings. The minimum Gasteiger partial charge on any atom is -0.468 e. The fourth-order valence-electron chi connectivity index (χ4n) is 3.10. The van der Waals surface area contributed by atoms with Crippen molar-refractivity contribution in [3.8, 4) is 0 Å². The summed E-state index contributed by atoms with van der Waals surface area (Å²) in [7, 11) is 1.40. The van der Waals surface area contributed by atoms with E-state index in [1.54, 1.807) is 0 Å². The van der Waals surface area contributed by atoms with Gasteiger partial charge in [0.2, 0.25) is 5.91 Å². The molecule has 1 N–H and O–H groups in total. The Bertz CT molecular complexity index is 364. The predicted molar refractivity (Wildman–Crippen MR) is 82.5 cm³/mol. The van der Waals surface area contributed by atoms with Crippen LogP contribution in [0.5, 0.6) is 0 Å². The number of hydrogen-bond acceptors (Lipinski definition) is 5. The summed E-state index contributed by atoms with van der Waals surface area (Å²) < 4.78 is 4.67. The third-order valence-corrected chi connectivity index (χ3v) is 4.50. The molecule has 0 spiro atoms. The van der Waals surface area contributed by atoms with Gasteiger partial charge in [0.05, 0.1) is 19.2 Å². The highest BCUT2D eigenvalue weighted by molar-refractivity contribution is 5.87. The normalized spacial score (nSPS) is 26.3. The Kier molecular flexibility index (Phi) is 6.90. The van der Waals surface area contributed by atoms with Crippen LogP contribution in [-0.4, -0.2) is 73.6 Å². The lowest BCUT2D eigenvalue weighted by atomic mass is 9.92. The van der Waals surface area contributed by atoms with Crippen molar-refractivity contribution in [2.24, 2.45) is 0 Å². The van der Waals surface area contributed by atoms with E-state index in [2.05, 4.69) is 17.0 Å². The summed E-state index contributed by atoms with van der Waals surface area (Å²) in [5.41, 5.74) is -0.343. The molecule has 0 radical (unpaired) electrons. The first-order valence-corrected chi connectivity index (χ1v) is 7.45. The number of nitrogens with zero attached hydrogens (tertiary/aromatic N) is 2. The third kappa shape index (κ3) is 4.08. The first kappa shape index (κ1) is 18.2. The van der Waals surface area contributed by atoms with Crippen molar-refractivity contribution in [3.05, 3.63) is 0 Å². The number of rotatable bonds is 4. The van der Waals surface area contributed by atoms with Gasteiger partial charge in [-0.2, -0.15) is 0 Å².